The quantitative estimate of drug-likeness (QED) is 0.757. The van der Waals surface area contributed by atoms with Gasteiger partial charge in [0.25, 0.3) is 0 Å². The van der Waals surface area contributed by atoms with Gasteiger partial charge in [-0.15, -0.1) is 11.3 Å². The van der Waals surface area contributed by atoms with Crippen molar-refractivity contribution < 1.29 is 4.79 Å². The number of aromatic nitrogens is 1. The summed E-state index contributed by atoms with van der Waals surface area (Å²) < 4.78 is 0. The second kappa shape index (κ2) is 5.03. The van der Waals surface area contributed by atoms with Crippen molar-refractivity contribution in [3.05, 3.63) is 52.0 Å². The topological polar surface area (TPSA) is 30.0 Å². The summed E-state index contributed by atoms with van der Waals surface area (Å²) >= 11 is 1.60. The minimum Gasteiger partial charge on any atom is -0.293 e. The molecule has 3 heteroatoms. The Hall–Kier alpha value is -1.48. The Morgan fingerprint density at radius 2 is 2.00 bits per heavy atom. The number of aryl methyl sites for hydroxylation is 1. The van der Waals surface area contributed by atoms with Crippen molar-refractivity contribution in [2.45, 2.75) is 19.8 Å². The molecule has 2 heterocycles. The standard InChI is InChI=1S/C13H13NOS/c1-2-11-3-4-13(16-11)12(15)9-10-5-7-14-8-6-10/h3-8H,2,9H2,1H3. The molecule has 0 saturated carbocycles. The van der Waals surface area contributed by atoms with E-state index in [-0.39, 0.29) is 5.78 Å². The van der Waals surface area contributed by atoms with E-state index < -0.39 is 0 Å². The van der Waals surface area contributed by atoms with E-state index >= 15 is 0 Å². The summed E-state index contributed by atoms with van der Waals surface area (Å²) in [7, 11) is 0. The fourth-order valence-corrected chi connectivity index (χ4v) is 2.38. The van der Waals surface area contributed by atoms with Gasteiger partial charge in [0.15, 0.2) is 5.78 Å². The van der Waals surface area contributed by atoms with E-state index in [1.807, 2.05) is 24.3 Å². The van der Waals surface area contributed by atoms with Gasteiger partial charge in [-0.2, -0.15) is 0 Å². The number of carbonyl (C=O) groups is 1. The Bertz CT molecular complexity index is 476. The van der Waals surface area contributed by atoms with Crippen molar-refractivity contribution in [2.24, 2.45) is 0 Å². The number of carbonyl (C=O) groups excluding carboxylic acids is 1. The van der Waals surface area contributed by atoms with Crippen LogP contribution in [0.4, 0.5) is 0 Å². The molecule has 0 spiro atoms. The molecule has 2 rings (SSSR count). The minimum absolute atomic E-state index is 0.191. The lowest BCUT2D eigenvalue weighted by Crippen LogP contribution is -2.00. The molecule has 0 saturated heterocycles. The van der Waals surface area contributed by atoms with Crippen LogP contribution < -0.4 is 0 Å². The lowest BCUT2D eigenvalue weighted by molar-refractivity contribution is 0.0997. The summed E-state index contributed by atoms with van der Waals surface area (Å²) in [4.78, 5) is 18.0. The summed E-state index contributed by atoms with van der Waals surface area (Å²) in [5, 5.41) is 0. The Labute approximate surface area is 99.0 Å². The molecule has 0 fully saturated rings. The lowest BCUT2D eigenvalue weighted by Gasteiger charge is -1.97. The Balaban J connectivity index is 2.09. The molecule has 0 atom stereocenters. The van der Waals surface area contributed by atoms with Crippen LogP contribution in [0.3, 0.4) is 0 Å². The van der Waals surface area contributed by atoms with Gasteiger partial charge in [0.05, 0.1) is 4.88 Å². The highest BCUT2D eigenvalue weighted by molar-refractivity contribution is 7.14. The molecule has 16 heavy (non-hydrogen) atoms. The van der Waals surface area contributed by atoms with E-state index in [0.29, 0.717) is 6.42 Å². The fraction of sp³-hybridized carbons (Fsp3) is 0.231. The average molecular weight is 231 g/mol. The highest BCUT2D eigenvalue weighted by Crippen LogP contribution is 2.18. The van der Waals surface area contributed by atoms with Crippen molar-refractivity contribution in [1.82, 2.24) is 4.98 Å². The van der Waals surface area contributed by atoms with Crippen LogP contribution in [-0.4, -0.2) is 10.8 Å². The Kier molecular flexibility index (Phi) is 3.47. The SMILES string of the molecule is CCc1ccc(C(=O)Cc2ccncc2)s1. The van der Waals surface area contributed by atoms with Gasteiger partial charge in [0.1, 0.15) is 0 Å². The molecule has 0 aliphatic rings. The van der Waals surface area contributed by atoms with Gasteiger partial charge in [0.2, 0.25) is 0 Å². The molecule has 0 aromatic carbocycles. The minimum atomic E-state index is 0.191. The van der Waals surface area contributed by atoms with Crippen molar-refractivity contribution in [3.63, 3.8) is 0 Å². The fourth-order valence-electron chi connectivity index (χ4n) is 1.49. The van der Waals surface area contributed by atoms with Gasteiger partial charge >= 0.3 is 0 Å². The average Bonchev–Trinajstić information content (AvgIpc) is 2.79. The van der Waals surface area contributed by atoms with Gasteiger partial charge in [0, 0.05) is 23.7 Å². The smallest absolute Gasteiger partial charge is 0.177 e. The number of Topliss-reactive ketones (excluding diaryl/α,β-unsaturated/α-hetero) is 1. The zero-order valence-corrected chi connectivity index (χ0v) is 9.96. The van der Waals surface area contributed by atoms with Crippen molar-refractivity contribution in [3.8, 4) is 0 Å². The monoisotopic (exact) mass is 231 g/mol. The maximum Gasteiger partial charge on any atom is 0.177 e. The van der Waals surface area contributed by atoms with Crippen LogP contribution in [0.15, 0.2) is 36.7 Å². The zero-order valence-electron chi connectivity index (χ0n) is 9.14. The van der Waals surface area contributed by atoms with Crippen molar-refractivity contribution in [1.29, 1.82) is 0 Å². The van der Waals surface area contributed by atoms with Crippen LogP contribution in [0.1, 0.15) is 27.0 Å². The van der Waals surface area contributed by atoms with Crippen LogP contribution in [0, 0.1) is 0 Å². The van der Waals surface area contributed by atoms with Crippen LogP contribution in [0.25, 0.3) is 0 Å². The molecular weight excluding hydrogens is 218 g/mol. The number of hydrogen-bond acceptors (Lipinski definition) is 3. The van der Waals surface area contributed by atoms with Crippen molar-refractivity contribution in [2.75, 3.05) is 0 Å². The molecule has 2 nitrogen and oxygen atoms in total. The summed E-state index contributed by atoms with van der Waals surface area (Å²) in [5.74, 6) is 0.191. The van der Waals surface area contributed by atoms with E-state index in [9.17, 15) is 4.79 Å². The Morgan fingerprint density at radius 3 is 2.62 bits per heavy atom. The first-order chi connectivity index (χ1) is 7.79. The molecule has 82 valence electrons. The van der Waals surface area contributed by atoms with E-state index in [0.717, 1.165) is 16.9 Å². The highest BCUT2D eigenvalue weighted by atomic mass is 32.1. The van der Waals surface area contributed by atoms with E-state index in [1.165, 1.54) is 4.88 Å². The maximum absolute atomic E-state index is 11.9. The Morgan fingerprint density at radius 1 is 1.25 bits per heavy atom. The molecule has 0 unspecified atom stereocenters. The van der Waals surface area contributed by atoms with Gasteiger partial charge < -0.3 is 0 Å². The summed E-state index contributed by atoms with van der Waals surface area (Å²) in [5.41, 5.74) is 1.02. The predicted molar refractivity (Wildman–Crippen MR) is 66.0 cm³/mol. The molecule has 0 aliphatic carbocycles. The largest absolute Gasteiger partial charge is 0.293 e. The highest BCUT2D eigenvalue weighted by Gasteiger charge is 2.09. The number of thiophene rings is 1. The van der Waals surface area contributed by atoms with Gasteiger partial charge in [-0.3, -0.25) is 9.78 Å². The molecule has 0 N–H and O–H groups in total. The van der Waals surface area contributed by atoms with Gasteiger partial charge in [-0.1, -0.05) is 6.92 Å². The molecule has 2 aromatic heterocycles. The third kappa shape index (κ3) is 2.55. The molecule has 0 aliphatic heterocycles. The summed E-state index contributed by atoms with van der Waals surface area (Å²) in [6, 6.07) is 7.72. The molecular formula is C13H13NOS. The summed E-state index contributed by atoms with van der Waals surface area (Å²) in [6.07, 6.45) is 4.89. The van der Waals surface area contributed by atoms with E-state index in [1.54, 1.807) is 23.7 Å². The van der Waals surface area contributed by atoms with E-state index in [4.69, 9.17) is 0 Å². The third-order valence-electron chi connectivity index (χ3n) is 2.40. The van der Waals surface area contributed by atoms with Crippen LogP contribution in [0.2, 0.25) is 0 Å². The number of nitrogens with zero attached hydrogens (tertiary/aromatic N) is 1. The van der Waals surface area contributed by atoms with Crippen LogP contribution >= 0.6 is 11.3 Å². The number of hydrogen-bond donors (Lipinski definition) is 0. The number of ketones is 1. The number of rotatable bonds is 4. The van der Waals surface area contributed by atoms with Crippen LogP contribution in [-0.2, 0) is 12.8 Å². The predicted octanol–water partition coefficient (Wildman–Crippen LogP) is 3.13. The molecule has 0 radical (unpaired) electrons. The zero-order chi connectivity index (χ0) is 11.4. The summed E-state index contributed by atoms with van der Waals surface area (Å²) in [6.45, 7) is 2.10. The van der Waals surface area contributed by atoms with Crippen LogP contribution in [0.5, 0.6) is 0 Å². The first kappa shape index (κ1) is 11.0. The molecule has 0 bridgehead atoms. The second-order valence-electron chi connectivity index (χ2n) is 3.57. The molecule has 2 aromatic rings. The first-order valence-electron chi connectivity index (χ1n) is 5.30. The first-order valence-corrected chi connectivity index (χ1v) is 6.12. The van der Waals surface area contributed by atoms with E-state index in [2.05, 4.69) is 11.9 Å². The van der Waals surface area contributed by atoms with Gasteiger partial charge in [-0.25, -0.2) is 0 Å². The third-order valence-corrected chi connectivity index (χ3v) is 3.67. The second-order valence-corrected chi connectivity index (χ2v) is 4.74. The van der Waals surface area contributed by atoms with Crippen molar-refractivity contribution >= 4 is 17.1 Å². The normalized spacial score (nSPS) is 10.3. The number of pyridine rings is 1. The lowest BCUT2D eigenvalue weighted by atomic mass is 10.1. The molecule has 0 amide bonds. The van der Waals surface area contributed by atoms with Gasteiger partial charge in [-0.05, 0) is 36.2 Å². The maximum atomic E-state index is 11.9.